The number of carbonyl (C=O) groups excluding carboxylic acids is 2. The second-order valence-corrected chi connectivity index (χ2v) is 7.67. The molecule has 2 amide bonds. The second kappa shape index (κ2) is 8.55. The SMILES string of the molecule is O=C(NCc1ccc(Cn2cnc3ccccc32)cc1)c1ccc(N2CCOC2=O)cc1. The van der Waals surface area contributed by atoms with Crippen LogP contribution in [0.2, 0.25) is 0 Å². The zero-order valence-corrected chi connectivity index (χ0v) is 17.4. The minimum absolute atomic E-state index is 0.158. The summed E-state index contributed by atoms with van der Waals surface area (Å²) in [6, 6.07) is 23.2. The van der Waals surface area contributed by atoms with Gasteiger partial charge in [-0.05, 0) is 47.5 Å². The fraction of sp³-hybridized carbons (Fsp3) is 0.160. The topological polar surface area (TPSA) is 76.5 Å². The van der Waals surface area contributed by atoms with Crippen LogP contribution in [-0.2, 0) is 17.8 Å². The molecule has 2 heterocycles. The van der Waals surface area contributed by atoms with Crippen LogP contribution < -0.4 is 10.2 Å². The predicted molar refractivity (Wildman–Crippen MR) is 122 cm³/mol. The Balaban J connectivity index is 1.18. The lowest BCUT2D eigenvalue weighted by Crippen LogP contribution is -2.24. The van der Waals surface area contributed by atoms with Gasteiger partial charge in [0.15, 0.2) is 0 Å². The number of fused-ring (bicyclic) bond motifs is 1. The number of para-hydroxylation sites is 2. The molecule has 1 aliphatic heterocycles. The smallest absolute Gasteiger partial charge is 0.414 e. The summed E-state index contributed by atoms with van der Waals surface area (Å²) >= 11 is 0. The Morgan fingerprint density at radius 1 is 0.969 bits per heavy atom. The van der Waals surface area contributed by atoms with Crippen molar-refractivity contribution in [1.29, 1.82) is 0 Å². The van der Waals surface area contributed by atoms with Gasteiger partial charge in [0.2, 0.25) is 0 Å². The van der Waals surface area contributed by atoms with Crippen molar-refractivity contribution in [2.75, 3.05) is 18.1 Å². The lowest BCUT2D eigenvalue weighted by atomic mass is 10.1. The van der Waals surface area contributed by atoms with E-state index in [2.05, 4.69) is 33.1 Å². The van der Waals surface area contributed by atoms with Crippen LogP contribution in [0.5, 0.6) is 0 Å². The number of aromatic nitrogens is 2. The maximum Gasteiger partial charge on any atom is 0.414 e. The van der Waals surface area contributed by atoms with Crippen molar-refractivity contribution in [1.82, 2.24) is 14.9 Å². The van der Waals surface area contributed by atoms with Crippen LogP contribution in [-0.4, -0.2) is 34.7 Å². The maximum atomic E-state index is 12.5. The van der Waals surface area contributed by atoms with Gasteiger partial charge in [-0.3, -0.25) is 9.69 Å². The zero-order valence-electron chi connectivity index (χ0n) is 17.4. The van der Waals surface area contributed by atoms with Gasteiger partial charge >= 0.3 is 6.09 Å². The van der Waals surface area contributed by atoms with Gasteiger partial charge in [0.05, 0.1) is 23.9 Å². The van der Waals surface area contributed by atoms with E-state index in [1.165, 1.54) is 5.56 Å². The van der Waals surface area contributed by atoms with E-state index in [0.717, 1.165) is 28.8 Å². The van der Waals surface area contributed by atoms with Crippen molar-refractivity contribution in [3.05, 3.63) is 95.8 Å². The predicted octanol–water partition coefficient (Wildman–Crippen LogP) is 3.97. The van der Waals surface area contributed by atoms with Crippen molar-refractivity contribution in [3.63, 3.8) is 0 Å². The molecule has 1 N–H and O–H groups in total. The molecule has 0 saturated carbocycles. The number of carbonyl (C=O) groups is 2. The van der Waals surface area contributed by atoms with Crippen LogP contribution >= 0.6 is 0 Å². The summed E-state index contributed by atoms with van der Waals surface area (Å²) in [7, 11) is 0. The first-order chi connectivity index (χ1) is 15.7. The average molecular weight is 426 g/mol. The number of hydrogen-bond donors (Lipinski definition) is 1. The van der Waals surface area contributed by atoms with Crippen LogP contribution in [0.1, 0.15) is 21.5 Å². The average Bonchev–Trinajstić information content (AvgIpc) is 3.45. The Hall–Kier alpha value is -4.13. The first-order valence-corrected chi connectivity index (χ1v) is 10.5. The summed E-state index contributed by atoms with van der Waals surface area (Å²) in [5, 5.41) is 2.94. The van der Waals surface area contributed by atoms with Gasteiger partial charge in [-0.15, -0.1) is 0 Å². The number of benzene rings is 3. The lowest BCUT2D eigenvalue weighted by Gasteiger charge is -2.13. The molecule has 7 heteroatoms. The molecule has 5 rings (SSSR count). The molecule has 0 atom stereocenters. The molecule has 4 aromatic rings. The standard InChI is InChI=1S/C25H22N4O3/c30-24(20-9-11-21(12-10-20)29-13-14-32-25(29)31)26-15-18-5-7-19(8-6-18)16-28-17-27-22-3-1-2-4-23(22)28/h1-12,17H,13-16H2,(H,26,30). The summed E-state index contributed by atoms with van der Waals surface area (Å²) in [6.45, 7) is 2.09. The maximum absolute atomic E-state index is 12.5. The van der Waals surface area contributed by atoms with E-state index in [0.29, 0.717) is 25.3 Å². The number of ether oxygens (including phenoxy) is 1. The molecule has 1 aliphatic rings. The van der Waals surface area contributed by atoms with Gasteiger partial charge in [0, 0.05) is 24.3 Å². The van der Waals surface area contributed by atoms with Crippen LogP contribution in [0.3, 0.4) is 0 Å². The number of imidazole rings is 1. The minimum Gasteiger partial charge on any atom is -0.447 e. The van der Waals surface area contributed by atoms with Gasteiger partial charge in [0.25, 0.3) is 5.91 Å². The molecule has 32 heavy (non-hydrogen) atoms. The molecule has 1 saturated heterocycles. The van der Waals surface area contributed by atoms with E-state index in [4.69, 9.17) is 4.74 Å². The quantitative estimate of drug-likeness (QED) is 0.506. The van der Waals surface area contributed by atoms with Crippen LogP contribution in [0.25, 0.3) is 11.0 Å². The van der Waals surface area contributed by atoms with Crippen molar-refractivity contribution in [3.8, 4) is 0 Å². The highest BCUT2D eigenvalue weighted by atomic mass is 16.6. The highest BCUT2D eigenvalue weighted by Gasteiger charge is 2.23. The highest BCUT2D eigenvalue weighted by molar-refractivity contribution is 5.95. The lowest BCUT2D eigenvalue weighted by molar-refractivity contribution is 0.0951. The third kappa shape index (κ3) is 4.05. The molecular weight excluding hydrogens is 404 g/mol. The summed E-state index contributed by atoms with van der Waals surface area (Å²) in [5.74, 6) is -0.158. The van der Waals surface area contributed by atoms with E-state index >= 15 is 0 Å². The molecule has 3 aromatic carbocycles. The minimum atomic E-state index is -0.355. The first-order valence-electron chi connectivity index (χ1n) is 10.5. The molecular formula is C25H22N4O3. The fourth-order valence-corrected chi connectivity index (χ4v) is 3.80. The van der Waals surface area contributed by atoms with Gasteiger partial charge in [0.1, 0.15) is 6.61 Å². The Kier molecular flexibility index (Phi) is 5.29. The summed E-state index contributed by atoms with van der Waals surface area (Å²) in [4.78, 5) is 30.1. The molecule has 1 aromatic heterocycles. The molecule has 1 fully saturated rings. The number of nitrogens with one attached hydrogen (secondary N) is 1. The molecule has 160 valence electrons. The van der Waals surface area contributed by atoms with E-state index < -0.39 is 0 Å². The van der Waals surface area contributed by atoms with Crippen LogP contribution in [0, 0.1) is 0 Å². The Bertz CT molecular complexity index is 1260. The Morgan fingerprint density at radius 3 is 2.47 bits per heavy atom. The number of nitrogens with zero attached hydrogens (tertiary/aromatic N) is 3. The normalized spacial score (nSPS) is 13.4. The highest BCUT2D eigenvalue weighted by Crippen LogP contribution is 2.19. The van der Waals surface area contributed by atoms with E-state index in [1.807, 2.05) is 36.7 Å². The van der Waals surface area contributed by atoms with Gasteiger partial charge in [-0.1, -0.05) is 36.4 Å². The third-order valence-corrected chi connectivity index (χ3v) is 5.56. The number of amides is 2. The van der Waals surface area contributed by atoms with Crippen molar-refractivity contribution in [2.24, 2.45) is 0 Å². The van der Waals surface area contributed by atoms with E-state index in [-0.39, 0.29) is 12.0 Å². The van der Waals surface area contributed by atoms with E-state index in [9.17, 15) is 9.59 Å². The molecule has 7 nitrogen and oxygen atoms in total. The number of cyclic esters (lactones) is 1. The summed E-state index contributed by atoms with van der Waals surface area (Å²) in [5.41, 5.74) is 5.56. The molecule has 0 spiro atoms. The van der Waals surface area contributed by atoms with Crippen molar-refractivity contribution < 1.29 is 14.3 Å². The molecule has 0 unspecified atom stereocenters. The monoisotopic (exact) mass is 426 g/mol. The van der Waals surface area contributed by atoms with Crippen LogP contribution in [0.4, 0.5) is 10.5 Å². The largest absolute Gasteiger partial charge is 0.447 e. The zero-order chi connectivity index (χ0) is 21.9. The van der Waals surface area contributed by atoms with Gasteiger partial charge < -0.3 is 14.6 Å². The second-order valence-electron chi connectivity index (χ2n) is 7.67. The van der Waals surface area contributed by atoms with Crippen LogP contribution in [0.15, 0.2) is 79.1 Å². The van der Waals surface area contributed by atoms with Gasteiger partial charge in [-0.25, -0.2) is 9.78 Å². The fourth-order valence-electron chi connectivity index (χ4n) is 3.80. The van der Waals surface area contributed by atoms with E-state index in [1.54, 1.807) is 29.2 Å². The Morgan fingerprint density at radius 2 is 1.72 bits per heavy atom. The number of hydrogen-bond acceptors (Lipinski definition) is 4. The van der Waals surface area contributed by atoms with Crippen molar-refractivity contribution in [2.45, 2.75) is 13.1 Å². The molecule has 0 radical (unpaired) electrons. The first kappa shape index (κ1) is 19.8. The molecule has 0 bridgehead atoms. The molecule has 0 aliphatic carbocycles. The van der Waals surface area contributed by atoms with Crippen molar-refractivity contribution >= 4 is 28.7 Å². The van der Waals surface area contributed by atoms with Gasteiger partial charge in [-0.2, -0.15) is 0 Å². The number of anilines is 1. The Labute approximate surface area is 185 Å². The third-order valence-electron chi connectivity index (χ3n) is 5.56. The summed E-state index contributed by atoms with van der Waals surface area (Å²) < 4.78 is 7.07. The summed E-state index contributed by atoms with van der Waals surface area (Å²) in [6.07, 6.45) is 1.50. The number of rotatable bonds is 6.